The van der Waals surface area contributed by atoms with Gasteiger partial charge in [0.15, 0.2) is 11.5 Å². The molecule has 3 N–H and O–H groups in total. The lowest BCUT2D eigenvalue weighted by molar-refractivity contribution is 0.0250. The van der Waals surface area contributed by atoms with Gasteiger partial charge in [-0.25, -0.2) is 4.79 Å². The molecule has 1 amide bonds. The summed E-state index contributed by atoms with van der Waals surface area (Å²) in [4.78, 5) is 37.4. The number of phenols is 1. The molecule has 0 aliphatic carbocycles. The number of ether oxygens (including phenoxy) is 1. The van der Waals surface area contributed by atoms with Crippen molar-refractivity contribution in [1.82, 2.24) is 20.8 Å². The van der Waals surface area contributed by atoms with Crippen LogP contribution in [0.5, 0.6) is 11.5 Å². The summed E-state index contributed by atoms with van der Waals surface area (Å²) in [5, 5.41) is 20.6. The number of hydrogen-bond donors (Lipinski definition) is 3. The molecule has 11 heteroatoms. The molecule has 186 valence electrons. The molecule has 1 aromatic carbocycles. The Kier molecular flexibility index (Phi) is 10.0. The minimum absolute atomic E-state index is 0.0241. The maximum Gasteiger partial charge on any atom is 0.358 e. The van der Waals surface area contributed by atoms with E-state index in [1.54, 1.807) is 48.8 Å². The van der Waals surface area contributed by atoms with Crippen molar-refractivity contribution in [2.75, 3.05) is 13.7 Å². The molecule has 0 saturated carbocycles. The van der Waals surface area contributed by atoms with Gasteiger partial charge in [0, 0.05) is 37.5 Å². The van der Waals surface area contributed by atoms with Crippen molar-refractivity contribution in [2.45, 2.75) is 18.9 Å². The standard InChI is InChI=1S/C25H26N6O5/c1-35-23-13-18(8-9-22(23)32)14-28-29-17-21(31-24(33)19-5-2-10-26-15-19)7-4-12-30-36-25(34)20-6-3-11-27-16-20/h2-3,5-6,8-11,13-17,21,30,32H,4,7,12H2,1H3,(H,31,33)/b28-14+,29-17+. The van der Waals surface area contributed by atoms with E-state index in [-0.39, 0.29) is 11.7 Å². The number of phenolic OH excluding ortho intramolecular Hbond substituents is 1. The minimum Gasteiger partial charge on any atom is -0.504 e. The number of hydroxylamine groups is 1. The number of nitrogens with one attached hydrogen (secondary N) is 2. The van der Waals surface area contributed by atoms with Crippen molar-refractivity contribution >= 4 is 24.3 Å². The molecule has 0 saturated heterocycles. The van der Waals surface area contributed by atoms with Gasteiger partial charge in [-0.15, -0.1) is 0 Å². The van der Waals surface area contributed by atoms with Crippen LogP contribution in [-0.2, 0) is 4.84 Å². The Morgan fingerprint density at radius 2 is 1.83 bits per heavy atom. The predicted molar refractivity (Wildman–Crippen MR) is 133 cm³/mol. The molecule has 0 bridgehead atoms. The SMILES string of the molecule is COc1cc(/C=N/N=C/C(CCCNOC(=O)c2cccnc2)NC(=O)c2cccnc2)ccc1O. The van der Waals surface area contributed by atoms with Crippen LogP contribution in [0.3, 0.4) is 0 Å². The molecule has 0 fully saturated rings. The molecule has 3 aromatic rings. The van der Waals surface area contributed by atoms with Crippen molar-refractivity contribution in [1.29, 1.82) is 0 Å². The van der Waals surface area contributed by atoms with Crippen LogP contribution < -0.4 is 15.5 Å². The molecular formula is C25H26N6O5. The number of hydrogen-bond acceptors (Lipinski definition) is 10. The van der Waals surface area contributed by atoms with E-state index < -0.39 is 12.0 Å². The third-order valence-corrected chi connectivity index (χ3v) is 4.82. The summed E-state index contributed by atoms with van der Waals surface area (Å²) in [5.41, 5.74) is 4.05. The number of carbonyl (C=O) groups is 2. The molecule has 0 radical (unpaired) electrons. The third kappa shape index (κ3) is 8.29. The first-order valence-corrected chi connectivity index (χ1v) is 11.1. The van der Waals surface area contributed by atoms with Crippen LogP contribution in [0.4, 0.5) is 0 Å². The zero-order chi connectivity index (χ0) is 25.6. The van der Waals surface area contributed by atoms with Gasteiger partial charge in [0.1, 0.15) is 0 Å². The number of methoxy groups -OCH3 is 1. The van der Waals surface area contributed by atoms with Crippen LogP contribution in [0.1, 0.15) is 39.1 Å². The van der Waals surface area contributed by atoms with Gasteiger partial charge in [0.05, 0.1) is 30.5 Å². The van der Waals surface area contributed by atoms with Crippen LogP contribution in [-0.4, -0.2) is 59.1 Å². The van der Waals surface area contributed by atoms with Crippen LogP contribution in [0.15, 0.2) is 77.5 Å². The number of amides is 1. The third-order valence-electron chi connectivity index (χ3n) is 4.82. The van der Waals surface area contributed by atoms with Crippen LogP contribution >= 0.6 is 0 Å². The summed E-state index contributed by atoms with van der Waals surface area (Å²) >= 11 is 0. The van der Waals surface area contributed by atoms with Crippen LogP contribution in [0.25, 0.3) is 0 Å². The molecule has 1 unspecified atom stereocenters. The Bertz CT molecular complexity index is 1190. The molecular weight excluding hydrogens is 464 g/mol. The fourth-order valence-electron chi connectivity index (χ4n) is 2.98. The van der Waals surface area contributed by atoms with Crippen LogP contribution in [0, 0.1) is 0 Å². The van der Waals surface area contributed by atoms with Gasteiger partial charge in [-0.3, -0.25) is 14.8 Å². The summed E-state index contributed by atoms with van der Waals surface area (Å²) in [5.74, 6) is -0.494. The highest BCUT2D eigenvalue weighted by atomic mass is 16.7. The molecule has 0 spiro atoms. The van der Waals surface area contributed by atoms with Crippen molar-refractivity contribution in [3.8, 4) is 11.5 Å². The fraction of sp³-hybridized carbons (Fsp3) is 0.200. The second-order valence-electron chi connectivity index (χ2n) is 7.43. The van der Waals surface area contributed by atoms with Crippen LogP contribution in [0.2, 0.25) is 0 Å². The maximum atomic E-state index is 12.6. The monoisotopic (exact) mass is 490 g/mol. The van der Waals surface area contributed by atoms with Crippen molar-refractivity contribution in [2.24, 2.45) is 10.2 Å². The van der Waals surface area contributed by atoms with Crippen molar-refractivity contribution < 1.29 is 24.3 Å². The predicted octanol–water partition coefficient (Wildman–Crippen LogP) is 2.54. The number of aromatic hydroxyl groups is 1. The summed E-state index contributed by atoms with van der Waals surface area (Å²) in [7, 11) is 1.46. The first-order valence-electron chi connectivity index (χ1n) is 11.1. The Labute approximate surface area is 207 Å². The van der Waals surface area contributed by atoms with Gasteiger partial charge >= 0.3 is 5.97 Å². The molecule has 11 nitrogen and oxygen atoms in total. The molecule has 2 heterocycles. The molecule has 1 atom stereocenters. The molecule has 3 rings (SSSR count). The average Bonchev–Trinajstić information content (AvgIpc) is 2.92. The van der Waals surface area contributed by atoms with E-state index in [0.29, 0.717) is 41.8 Å². The minimum atomic E-state index is -0.536. The zero-order valence-corrected chi connectivity index (χ0v) is 19.6. The van der Waals surface area contributed by atoms with Crippen molar-refractivity contribution in [3.05, 3.63) is 83.9 Å². The highest BCUT2D eigenvalue weighted by molar-refractivity contribution is 5.95. The van der Waals surface area contributed by atoms with E-state index in [1.807, 2.05) is 0 Å². The van der Waals surface area contributed by atoms with E-state index in [9.17, 15) is 14.7 Å². The Morgan fingerprint density at radius 1 is 1.08 bits per heavy atom. The van der Waals surface area contributed by atoms with Gasteiger partial charge < -0.3 is 20.0 Å². The summed E-state index contributed by atoms with van der Waals surface area (Å²) in [6.45, 7) is 0.357. The number of benzene rings is 1. The highest BCUT2D eigenvalue weighted by Crippen LogP contribution is 2.25. The Balaban J connectivity index is 1.55. The summed E-state index contributed by atoms with van der Waals surface area (Å²) < 4.78 is 5.08. The van der Waals surface area contributed by atoms with E-state index in [0.717, 1.165) is 0 Å². The van der Waals surface area contributed by atoms with Gasteiger partial charge in [-0.2, -0.15) is 15.7 Å². The smallest absolute Gasteiger partial charge is 0.358 e. The normalized spacial score (nSPS) is 11.9. The van der Waals surface area contributed by atoms with E-state index in [1.165, 1.54) is 38.0 Å². The van der Waals surface area contributed by atoms with Gasteiger partial charge in [0.2, 0.25) is 0 Å². The number of aromatic nitrogens is 2. The first-order chi connectivity index (χ1) is 17.6. The van der Waals surface area contributed by atoms with Gasteiger partial charge in [-0.1, -0.05) is 0 Å². The number of rotatable bonds is 12. The van der Waals surface area contributed by atoms with E-state index in [2.05, 4.69) is 31.0 Å². The Hall–Kier alpha value is -4.64. The van der Waals surface area contributed by atoms with Crippen molar-refractivity contribution in [3.63, 3.8) is 0 Å². The lowest BCUT2D eigenvalue weighted by atomic mass is 10.1. The largest absolute Gasteiger partial charge is 0.504 e. The van der Waals surface area contributed by atoms with E-state index >= 15 is 0 Å². The molecule has 0 aliphatic heterocycles. The zero-order valence-electron chi connectivity index (χ0n) is 19.6. The molecule has 36 heavy (non-hydrogen) atoms. The second kappa shape index (κ2) is 13.9. The number of pyridine rings is 2. The molecule has 2 aromatic heterocycles. The van der Waals surface area contributed by atoms with Gasteiger partial charge in [-0.05, 0) is 60.9 Å². The fourth-order valence-corrected chi connectivity index (χ4v) is 2.98. The maximum absolute atomic E-state index is 12.6. The lowest BCUT2D eigenvalue weighted by Crippen LogP contribution is -2.36. The van der Waals surface area contributed by atoms with Gasteiger partial charge in [0.25, 0.3) is 5.91 Å². The lowest BCUT2D eigenvalue weighted by Gasteiger charge is -2.14. The Morgan fingerprint density at radius 3 is 2.53 bits per heavy atom. The second-order valence-corrected chi connectivity index (χ2v) is 7.43. The average molecular weight is 491 g/mol. The quantitative estimate of drug-likeness (QED) is 0.199. The topological polar surface area (TPSA) is 147 Å². The summed E-state index contributed by atoms with van der Waals surface area (Å²) in [6.07, 6.45) is 10.1. The van der Waals surface area contributed by atoms with E-state index in [4.69, 9.17) is 9.57 Å². The number of carbonyl (C=O) groups excluding carboxylic acids is 2. The summed E-state index contributed by atoms with van der Waals surface area (Å²) in [6, 6.07) is 10.9. The molecule has 0 aliphatic rings. The highest BCUT2D eigenvalue weighted by Gasteiger charge is 2.13. The number of nitrogens with zero attached hydrogens (tertiary/aromatic N) is 4. The first kappa shape index (κ1) is 26.0.